The lowest BCUT2D eigenvalue weighted by Gasteiger charge is -2.15. The molecule has 0 aliphatic carbocycles. The Balaban J connectivity index is 2.00. The van der Waals surface area contributed by atoms with Crippen molar-refractivity contribution in [3.05, 3.63) is 42.7 Å². The summed E-state index contributed by atoms with van der Waals surface area (Å²) in [6, 6.07) is 5.77. The minimum atomic E-state index is 0.0227. The number of nitrogens with one attached hydrogen (secondary N) is 2. The Morgan fingerprint density at radius 1 is 1.26 bits per heavy atom. The normalized spacial score (nSPS) is 12.5. The Labute approximate surface area is 110 Å². The van der Waals surface area contributed by atoms with E-state index in [-0.39, 0.29) is 6.04 Å². The van der Waals surface area contributed by atoms with Crippen molar-refractivity contribution < 1.29 is 0 Å². The van der Waals surface area contributed by atoms with E-state index >= 15 is 0 Å². The standard InChI is InChI=1S/C13H14N6/c1-8(13-16-7-17-19-13)18-12-3-2-11(14)9-4-5-15-6-10(9)12/h2-8,18H,14H2,1H3,(H,16,17,19). The summed E-state index contributed by atoms with van der Waals surface area (Å²) in [6.45, 7) is 2.01. The van der Waals surface area contributed by atoms with Crippen LogP contribution < -0.4 is 11.1 Å². The topological polar surface area (TPSA) is 92.5 Å². The lowest BCUT2D eigenvalue weighted by molar-refractivity contribution is 0.797. The van der Waals surface area contributed by atoms with Crippen molar-refractivity contribution in [3.8, 4) is 0 Å². The Bertz CT molecular complexity index is 691. The molecule has 6 nitrogen and oxygen atoms in total. The van der Waals surface area contributed by atoms with E-state index < -0.39 is 0 Å². The maximum absolute atomic E-state index is 5.97. The van der Waals surface area contributed by atoms with Crippen molar-refractivity contribution in [1.82, 2.24) is 20.2 Å². The fraction of sp³-hybridized carbons (Fsp3) is 0.154. The molecule has 4 N–H and O–H groups in total. The van der Waals surface area contributed by atoms with Gasteiger partial charge in [-0.15, -0.1) is 0 Å². The SMILES string of the molecule is CC(Nc1ccc(N)c2ccncc12)c1ncn[nH]1. The second-order valence-corrected chi connectivity index (χ2v) is 4.36. The first-order chi connectivity index (χ1) is 9.25. The van der Waals surface area contributed by atoms with Gasteiger partial charge in [0.05, 0.1) is 6.04 Å². The number of benzene rings is 1. The fourth-order valence-corrected chi connectivity index (χ4v) is 2.06. The number of pyridine rings is 1. The zero-order chi connectivity index (χ0) is 13.2. The molecule has 0 saturated carbocycles. The van der Waals surface area contributed by atoms with Crippen LogP contribution in [0, 0.1) is 0 Å². The second kappa shape index (κ2) is 4.56. The lowest BCUT2D eigenvalue weighted by atomic mass is 10.1. The van der Waals surface area contributed by atoms with Crippen LogP contribution in [-0.2, 0) is 0 Å². The van der Waals surface area contributed by atoms with Crippen molar-refractivity contribution in [2.75, 3.05) is 11.1 Å². The molecule has 0 aliphatic rings. The van der Waals surface area contributed by atoms with Crippen molar-refractivity contribution in [1.29, 1.82) is 0 Å². The first-order valence-corrected chi connectivity index (χ1v) is 5.99. The Morgan fingerprint density at radius 2 is 2.16 bits per heavy atom. The highest BCUT2D eigenvalue weighted by Gasteiger charge is 2.10. The molecular formula is C13H14N6. The summed E-state index contributed by atoms with van der Waals surface area (Å²) in [6.07, 6.45) is 5.04. The number of nitrogens with zero attached hydrogens (tertiary/aromatic N) is 3. The van der Waals surface area contributed by atoms with Gasteiger partial charge in [-0.05, 0) is 25.1 Å². The molecule has 2 aromatic heterocycles. The maximum Gasteiger partial charge on any atom is 0.146 e. The van der Waals surface area contributed by atoms with Gasteiger partial charge in [0.1, 0.15) is 12.2 Å². The maximum atomic E-state index is 5.97. The van der Waals surface area contributed by atoms with E-state index in [1.54, 1.807) is 12.4 Å². The summed E-state index contributed by atoms with van der Waals surface area (Å²) in [5.74, 6) is 0.786. The van der Waals surface area contributed by atoms with Gasteiger partial charge in [-0.1, -0.05) is 0 Å². The van der Waals surface area contributed by atoms with Crippen LogP contribution in [0.15, 0.2) is 36.9 Å². The highest BCUT2D eigenvalue weighted by molar-refractivity contribution is 6.00. The summed E-state index contributed by atoms with van der Waals surface area (Å²) >= 11 is 0. The van der Waals surface area contributed by atoms with Gasteiger partial charge in [0, 0.05) is 34.5 Å². The highest BCUT2D eigenvalue weighted by atomic mass is 15.2. The minimum Gasteiger partial charge on any atom is -0.398 e. The van der Waals surface area contributed by atoms with Crippen LogP contribution in [0.2, 0.25) is 0 Å². The average molecular weight is 254 g/mol. The molecule has 0 fully saturated rings. The van der Waals surface area contributed by atoms with Crippen LogP contribution in [0.3, 0.4) is 0 Å². The lowest BCUT2D eigenvalue weighted by Crippen LogP contribution is -2.09. The van der Waals surface area contributed by atoms with E-state index in [1.165, 1.54) is 6.33 Å². The smallest absolute Gasteiger partial charge is 0.146 e. The molecule has 0 aliphatic heterocycles. The van der Waals surface area contributed by atoms with Crippen LogP contribution in [0.1, 0.15) is 18.8 Å². The zero-order valence-corrected chi connectivity index (χ0v) is 10.5. The van der Waals surface area contributed by atoms with Gasteiger partial charge in [0.15, 0.2) is 0 Å². The van der Waals surface area contributed by atoms with Gasteiger partial charge in [0.2, 0.25) is 0 Å². The van der Waals surface area contributed by atoms with Crippen LogP contribution in [-0.4, -0.2) is 20.2 Å². The quantitative estimate of drug-likeness (QED) is 0.622. The Hall–Kier alpha value is -2.63. The van der Waals surface area contributed by atoms with E-state index in [9.17, 15) is 0 Å². The summed E-state index contributed by atoms with van der Waals surface area (Å²) in [5, 5.41) is 12.1. The molecule has 0 saturated heterocycles. The van der Waals surface area contributed by atoms with Crippen molar-refractivity contribution >= 4 is 22.1 Å². The average Bonchev–Trinajstić information content (AvgIpc) is 2.96. The molecule has 1 aromatic carbocycles. The number of fused-ring (bicyclic) bond motifs is 1. The predicted molar refractivity (Wildman–Crippen MR) is 74.6 cm³/mol. The predicted octanol–water partition coefficient (Wildman–Crippen LogP) is 2.11. The van der Waals surface area contributed by atoms with Gasteiger partial charge in [-0.2, -0.15) is 5.10 Å². The van der Waals surface area contributed by atoms with E-state index in [1.807, 2.05) is 25.1 Å². The van der Waals surface area contributed by atoms with Gasteiger partial charge >= 0.3 is 0 Å². The highest BCUT2D eigenvalue weighted by Crippen LogP contribution is 2.29. The number of rotatable bonds is 3. The molecule has 96 valence electrons. The van der Waals surface area contributed by atoms with Gasteiger partial charge in [0.25, 0.3) is 0 Å². The van der Waals surface area contributed by atoms with Crippen LogP contribution in [0.25, 0.3) is 10.8 Å². The molecule has 2 heterocycles. The molecule has 19 heavy (non-hydrogen) atoms. The first kappa shape index (κ1) is 11.5. The molecule has 3 rings (SSSR count). The van der Waals surface area contributed by atoms with E-state index in [2.05, 4.69) is 25.5 Å². The number of H-pyrrole nitrogens is 1. The molecule has 0 amide bonds. The third-order valence-electron chi connectivity index (χ3n) is 3.07. The number of anilines is 2. The van der Waals surface area contributed by atoms with Crippen molar-refractivity contribution in [2.45, 2.75) is 13.0 Å². The summed E-state index contributed by atoms with van der Waals surface area (Å²) in [5.41, 5.74) is 7.69. The fourth-order valence-electron chi connectivity index (χ4n) is 2.06. The number of aromatic nitrogens is 4. The van der Waals surface area contributed by atoms with Crippen LogP contribution in [0.5, 0.6) is 0 Å². The monoisotopic (exact) mass is 254 g/mol. The summed E-state index contributed by atoms with van der Waals surface area (Å²) < 4.78 is 0. The van der Waals surface area contributed by atoms with Crippen molar-refractivity contribution in [2.24, 2.45) is 0 Å². The van der Waals surface area contributed by atoms with E-state index in [4.69, 9.17) is 5.73 Å². The Kier molecular flexibility index (Phi) is 2.75. The molecule has 0 radical (unpaired) electrons. The molecule has 1 atom stereocenters. The first-order valence-electron chi connectivity index (χ1n) is 5.99. The number of nitrogen functional groups attached to an aromatic ring is 1. The van der Waals surface area contributed by atoms with Gasteiger partial charge in [-0.3, -0.25) is 10.1 Å². The second-order valence-electron chi connectivity index (χ2n) is 4.36. The molecule has 6 heteroatoms. The van der Waals surface area contributed by atoms with Crippen LogP contribution in [0.4, 0.5) is 11.4 Å². The van der Waals surface area contributed by atoms with Crippen LogP contribution >= 0.6 is 0 Å². The molecule has 1 unspecified atom stereocenters. The van der Waals surface area contributed by atoms with E-state index in [0.717, 1.165) is 28.0 Å². The Morgan fingerprint density at radius 3 is 2.95 bits per heavy atom. The van der Waals surface area contributed by atoms with Gasteiger partial charge in [-0.25, -0.2) is 4.98 Å². The number of hydrogen-bond donors (Lipinski definition) is 3. The third kappa shape index (κ3) is 2.08. The number of aromatic amines is 1. The number of hydrogen-bond acceptors (Lipinski definition) is 5. The summed E-state index contributed by atoms with van der Waals surface area (Å²) in [4.78, 5) is 8.29. The minimum absolute atomic E-state index is 0.0227. The third-order valence-corrected chi connectivity index (χ3v) is 3.07. The van der Waals surface area contributed by atoms with Gasteiger partial charge < -0.3 is 11.1 Å². The van der Waals surface area contributed by atoms with E-state index in [0.29, 0.717) is 0 Å². The molecule has 0 bridgehead atoms. The largest absolute Gasteiger partial charge is 0.398 e. The van der Waals surface area contributed by atoms with Crippen molar-refractivity contribution in [3.63, 3.8) is 0 Å². The molecule has 0 spiro atoms. The molecule has 3 aromatic rings. The number of nitrogens with two attached hydrogens (primary N) is 1. The zero-order valence-electron chi connectivity index (χ0n) is 10.5. The molecular weight excluding hydrogens is 240 g/mol. The summed E-state index contributed by atoms with van der Waals surface area (Å²) in [7, 11) is 0.